The van der Waals surface area contributed by atoms with E-state index in [0.29, 0.717) is 0 Å². The van der Waals surface area contributed by atoms with Crippen molar-refractivity contribution in [2.75, 3.05) is 5.73 Å². The molecule has 12 heavy (non-hydrogen) atoms. The van der Waals surface area contributed by atoms with Crippen LogP contribution in [0.3, 0.4) is 0 Å². The van der Waals surface area contributed by atoms with Crippen LogP contribution < -0.4 is 5.73 Å². The van der Waals surface area contributed by atoms with E-state index in [2.05, 4.69) is 29.8 Å². The summed E-state index contributed by atoms with van der Waals surface area (Å²) in [5, 5.41) is 1.22. The first-order valence-electron chi connectivity index (χ1n) is 4.16. The molecule has 0 aliphatic heterocycles. The van der Waals surface area contributed by atoms with E-state index in [9.17, 15) is 0 Å². The van der Waals surface area contributed by atoms with Crippen LogP contribution in [0.2, 0.25) is 0 Å². The van der Waals surface area contributed by atoms with Gasteiger partial charge in [0.25, 0.3) is 0 Å². The van der Waals surface area contributed by atoms with Gasteiger partial charge in [0.05, 0.1) is 11.2 Å². The van der Waals surface area contributed by atoms with Crippen molar-refractivity contribution in [1.82, 2.24) is 4.57 Å². The number of nitrogens with two attached hydrogens (primary N) is 1. The summed E-state index contributed by atoms with van der Waals surface area (Å²) in [7, 11) is 0. The Hall–Kier alpha value is -1.44. The largest absolute Gasteiger partial charge is 0.397 e. The molecule has 0 bridgehead atoms. The Morgan fingerprint density at radius 3 is 2.92 bits per heavy atom. The van der Waals surface area contributed by atoms with Crippen molar-refractivity contribution in [1.29, 1.82) is 0 Å². The van der Waals surface area contributed by atoms with Crippen molar-refractivity contribution in [3.8, 4) is 0 Å². The fourth-order valence-corrected chi connectivity index (χ4v) is 1.55. The van der Waals surface area contributed by atoms with Gasteiger partial charge in [-0.25, -0.2) is 0 Å². The van der Waals surface area contributed by atoms with Gasteiger partial charge in [-0.05, 0) is 19.1 Å². The number of nitrogen functional groups attached to an aromatic ring is 1. The van der Waals surface area contributed by atoms with Crippen molar-refractivity contribution in [3.63, 3.8) is 0 Å². The van der Waals surface area contributed by atoms with Crippen molar-refractivity contribution in [2.24, 2.45) is 0 Å². The lowest BCUT2D eigenvalue weighted by molar-refractivity contribution is 0.798. The second-order valence-corrected chi connectivity index (χ2v) is 2.89. The molecule has 0 amide bonds. The summed E-state index contributed by atoms with van der Waals surface area (Å²) in [5.41, 5.74) is 7.87. The number of benzene rings is 1. The first-order chi connectivity index (χ1) is 5.83. The minimum Gasteiger partial charge on any atom is -0.397 e. The molecule has 0 fully saturated rings. The van der Waals surface area contributed by atoms with E-state index in [1.165, 1.54) is 5.39 Å². The van der Waals surface area contributed by atoms with Gasteiger partial charge in [0.2, 0.25) is 0 Å². The molecular weight excluding hydrogens is 148 g/mol. The topological polar surface area (TPSA) is 30.9 Å². The highest BCUT2D eigenvalue weighted by Crippen LogP contribution is 2.21. The van der Waals surface area contributed by atoms with Crippen LogP contribution in [0.15, 0.2) is 30.5 Å². The molecule has 0 spiro atoms. The van der Waals surface area contributed by atoms with Gasteiger partial charge in [-0.1, -0.05) is 12.1 Å². The fraction of sp³-hybridized carbons (Fsp3) is 0.200. The van der Waals surface area contributed by atoms with Gasteiger partial charge in [0.1, 0.15) is 0 Å². The summed E-state index contributed by atoms with van der Waals surface area (Å²) >= 11 is 0. The third kappa shape index (κ3) is 0.881. The Morgan fingerprint density at radius 2 is 2.17 bits per heavy atom. The van der Waals surface area contributed by atoms with Crippen molar-refractivity contribution < 1.29 is 0 Å². The SMILES string of the molecule is CCn1ccc2cccc(N)c21. The van der Waals surface area contributed by atoms with E-state index < -0.39 is 0 Å². The normalized spacial score (nSPS) is 10.8. The summed E-state index contributed by atoms with van der Waals surface area (Å²) < 4.78 is 2.16. The van der Waals surface area contributed by atoms with Crippen molar-refractivity contribution in [2.45, 2.75) is 13.5 Å². The van der Waals surface area contributed by atoms with Crippen LogP contribution in [0.4, 0.5) is 5.69 Å². The molecule has 62 valence electrons. The van der Waals surface area contributed by atoms with Crippen LogP contribution in [-0.2, 0) is 6.54 Å². The molecule has 1 heterocycles. The Morgan fingerprint density at radius 1 is 1.33 bits per heavy atom. The smallest absolute Gasteiger partial charge is 0.0713 e. The number of para-hydroxylation sites is 1. The van der Waals surface area contributed by atoms with E-state index in [1.807, 2.05) is 12.1 Å². The molecule has 0 aliphatic rings. The maximum absolute atomic E-state index is 5.86. The second kappa shape index (κ2) is 2.55. The van der Waals surface area contributed by atoms with Crippen LogP contribution in [-0.4, -0.2) is 4.57 Å². The molecule has 0 saturated carbocycles. The number of nitrogens with zero attached hydrogens (tertiary/aromatic N) is 1. The molecule has 2 nitrogen and oxygen atoms in total. The van der Waals surface area contributed by atoms with E-state index in [4.69, 9.17) is 5.73 Å². The van der Waals surface area contributed by atoms with E-state index in [1.54, 1.807) is 0 Å². The number of fused-ring (bicyclic) bond motifs is 1. The molecule has 0 radical (unpaired) electrons. The maximum Gasteiger partial charge on any atom is 0.0713 e. The number of rotatable bonds is 1. The van der Waals surface area contributed by atoms with Crippen molar-refractivity contribution >= 4 is 16.6 Å². The minimum absolute atomic E-state index is 0.861. The highest BCUT2D eigenvalue weighted by Gasteiger charge is 2.00. The third-order valence-corrected chi connectivity index (χ3v) is 2.16. The quantitative estimate of drug-likeness (QED) is 0.637. The van der Waals surface area contributed by atoms with Gasteiger partial charge in [0.15, 0.2) is 0 Å². The highest BCUT2D eigenvalue weighted by molar-refractivity contribution is 5.90. The zero-order chi connectivity index (χ0) is 8.55. The monoisotopic (exact) mass is 160 g/mol. The Labute approximate surface area is 71.6 Å². The molecule has 2 heteroatoms. The molecule has 1 aromatic heterocycles. The summed E-state index contributed by atoms with van der Waals surface area (Å²) in [6, 6.07) is 8.10. The molecule has 2 N–H and O–H groups in total. The van der Waals surface area contributed by atoms with Crippen LogP contribution in [0.1, 0.15) is 6.92 Å². The van der Waals surface area contributed by atoms with Crippen LogP contribution >= 0.6 is 0 Å². The molecule has 0 atom stereocenters. The first kappa shape index (κ1) is 7.22. The Bertz CT molecular complexity index is 401. The Balaban J connectivity index is 2.83. The lowest BCUT2D eigenvalue weighted by Gasteiger charge is -2.02. The number of aryl methyl sites for hydroxylation is 1. The van der Waals surface area contributed by atoms with Gasteiger partial charge < -0.3 is 10.3 Å². The molecule has 0 unspecified atom stereocenters. The zero-order valence-corrected chi connectivity index (χ0v) is 7.12. The summed E-state index contributed by atoms with van der Waals surface area (Å²) in [4.78, 5) is 0. The molecule has 1 aromatic carbocycles. The summed E-state index contributed by atoms with van der Waals surface area (Å²) in [6.45, 7) is 3.09. The third-order valence-electron chi connectivity index (χ3n) is 2.16. The van der Waals surface area contributed by atoms with Gasteiger partial charge in [-0.3, -0.25) is 0 Å². The number of aromatic nitrogens is 1. The molecule has 0 aliphatic carbocycles. The summed E-state index contributed by atoms with van der Waals surface area (Å²) in [5.74, 6) is 0. The molecular formula is C10H12N2. The van der Waals surface area contributed by atoms with Crippen LogP contribution in [0, 0.1) is 0 Å². The molecule has 0 saturated heterocycles. The Kier molecular flexibility index (Phi) is 1.54. The molecule has 2 aromatic rings. The first-order valence-corrected chi connectivity index (χ1v) is 4.16. The number of hydrogen-bond acceptors (Lipinski definition) is 1. The summed E-state index contributed by atoms with van der Waals surface area (Å²) in [6.07, 6.45) is 2.07. The van der Waals surface area contributed by atoms with Gasteiger partial charge in [-0.15, -0.1) is 0 Å². The second-order valence-electron chi connectivity index (χ2n) is 2.89. The zero-order valence-electron chi connectivity index (χ0n) is 7.12. The average Bonchev–Trinajstić information content (AvgIpc) is 2.49. The van der Waals surface area contributed by atoms with E-state index in [-0.39, 0.29) is 0 Å². The van der Waals surface area contributed by atoms with E-state index >= 15 is 0 Å². The maximum atomic E-state index is 5.86. The lowest BCUT2D eigenvalue weighted by atomic mass is 10.2. The predicted octanol–water partition coefficient (Wildman–Crippen LogP) is 2.24. The molecule has 2 rings (SSSR count). The fourth-order valence-electron chi connectivity index (χ4n) is 1.55. The van der Waals surface area contributed by atoms with Crippen LogP contribution in [0.5, 0.6) is 0 Å². The highest BCUT2D eigenvalue weighted by atomic mass is 15.0. The lowest BCUT2D eigenvalue weighted by Crippen LogP contribution is -1.95. The van der Waals surface area contributed by atoms with E-state index in [0.717, 1.165) is 17.7 Å². The van der Waals surface area contributed by atoms with Gasteiger partial charge in [-0.2, -0.15) is 0 Å². The number of anilines is 1. The number of hydrogen-bond donors (Lipinski definition) is 1. The predicted molar refractivity (Wildman–Crippen MR) is 52.0 cm³/mol. The van der Waals surface area contributed by atoms with Gasteiger partial charge >= 0.3 is 0 Å². The van der Waals surface area contributed by atoms with Gasteiger partial charge in [0, 0.05) is 18.1 Å². The minimum atomic E-state index is 0.861. The van der Waals surface area contributed by atoms with Crippen molar-refractivity contribution in [3.05, 3.63) is 30.5 Å². The van der Waals surface area contributed by atoms with Crippen LogP contribution in [0.25, 0.3) is 10.9 Å². The standard InChI is InChI=1S/C10H12N2/c1-2-12-7-6-8-4-3-5-9(11)10(8)12/h3-7H,2,11H2,1H3. The average molecular weight is 160 g/mol.